The van der Waals surface area contributed by atoms with E-state index in [1.807, 2.05) is 0 Å². The number of hydrogen-bond donors (Lipinski definition) is 1. The average molecular weight is 356 g/mol. The highest BCUT2D eigenvalue weighted by molar-refractivity contribution is 5.99. The zero-order valence-electron chi connectivity index (χ0n) is 14.7. The summed E-state index contributed by atoms with van der Waals surface area (Å²) in [6.45, 7) is 0.799. The van der Waals surface area contributed by atoms with E-state index in [1.54, 1.807) is 61.5 Å². The van der Waals surface area contributed by atoms with E-state index < -0.39 is 0 Å². The molecule has 2 amide bonds. The molecule has 0 fully saturated rings. The Balaban J connectivity index is 1.64. The summed E-state index contributed by atoms with van der Waals surface area (Å²) in [6.07, 6.45) is 0. The van der Waals surface area contributed by atoms with Crippen LogP contribution < -0.4 is 19.5 Å². The fourth-order valence-corrected chi connectivity index (χ4v) is 2.54. The van der Waals surface area contributed by atoms with Crippen molar-refractivity contribution in [2.75, 3.05) is 39.2 Å². The second kappa shape index (κ2) is 7.77. The van der Waals surface area contributed by atoms with Crippen LogP contribution in [0.25, 0.3) is 0 Å². The molecule has 0 bridgehead atoms. The van der Waals surface area contributed by atoms with Gasteiger partial charge < -0.3 is 24.4 Å². The summed E-state index contributed by atoms with van der Waals surface area (Å²) in [7, 11) is 3.28. The quantitative estimate of drug-likeness (QED) is 0.889. The zero-order chi connectivity index (χ0) is 18.5. The fourth-order valence-electron chi connectivity index (χ4n) is 2.54. The molecular weight excluding hydrogens is 336 g/mol. The Morgan fingerprint density at radius 2 is 2.04 bits per heavy atom. The SMILES string of the molecule is COc1cccc(OCC(=O)Nc2ccc3c(c2)C(=O)N(C)CCO3)c1. The van der Waals surface area contributed by atoms with Crippen LogP contribution in [0, 0.1) is 0 Å². The van der Waals surface area contributed by atoms with E-state index in [-0.39, 0.29) is 18.4 Å². The van der Waals surface area contributed by atoms with Crippen LogP contribution in [0.1, 0.15) is 10.4 Å². The Morgan fingerprint density at radius 3 is 2.85 bits per heavy atom. The molecule has 0 aromatic heterocycles. The number of rotatable bonds is 5. The van der Waals surface area contributed by atoms with Gasteiger partial charge in [-0.15, -0.1) is 0 Å². The smallest absolute Gasteiger partial charge is 0.262 e. The zero-order valence-corrected chi connectivity index (χ0v) is 14.7. The largest absolute Gasteiger partial charge is 0.497 e. The number of benzene rings is 2. The van der Waals surface area contributed by atoms with Crippen molar-refractivity contribution < 1.29 is 23.8 Å². The summed E-state index contributed by atoms with van der Waals surface area (Å²) in [5, 5.41) is 2.73. The van der Waals surface area contributed by atoms with Crippen molar-refractivity contribution in [1.29, 1.82) is 0 Å². The Kier molecular flexibility index (Phi) is 5.26. The number of fused-ring (bicyclic) bond motifs is 1. The number of ether oxygens (including phenoxy) is 3. The number of amides is 2. The topological polar surface area (TPSA) is 77.1 Å². The van der Waals surface area contributed by atoms with Crippen LogP contribution >= 0.6 is 0 Å². The molecular formula is C19H20N2O5. The molecule has 0 saturated carbocycles. The number of carbonyl (C=O) groups excluding carboxylic acids is 2. The highest BCUT2D eigenvalue weighted by Crippen LogP contribution is 2.26. The van der Waals surface area contributed by atoms with Gasteiger partial charge in [-0.3, -0.25) is 9.59 Å². The summed E-state index contributed by atoms with van der Waals surface area (Å²) >= 11 is 0. The molecule has 0 radical (unpaired) electrons. The van der Waals surface area contributed by atoms with Gasteiger partial charge in [0.2, 0.25) is 0 Å². The monoisotopic (exact) mass is 356 g/mol. The first kappa shape index (κ1) is 17.6. The maximum Gasteiger partial charge on any atom is 0.262 e. The molecule has 1 N–H and O–H groups in total. The van der Waals surface area contributed by atoms with E-state index in [4.69, 9.17) is 14.2 Å². The minimum atomic E-state index is -0.330. The third-order valence-corrected chi connectivity index (χ3v) is 3.94. The van der Waals surface area contributed by atoms with Gasteiger partial charge in [0.1, 0.15) is 23.9 Å². The molecule has 7 heteroatoms. The van der Waals surface area contributed by atoms with Crippen LogP contribution in [0.15, 0.2) is 42.5 Å². The van der Waals surface area contributed by atoms with Gasteiger partial charge in [-0.25, -0.2) is 0 Å². The van der Waals surface area contributed by atoms with Gasteiger partial charge in [0, 0.05) is 18.8 Å². The summed E-state index contributed by atoms with van der Waals surface area (Å²) in [4.78, 5) is 26.1. The van der Waals surface area contributed by atoms with Gasteiger partial charge in [-0.1, -0.05) is 6.07 Å². The number of nitrogens with zero attached hydrogens (tertiary/aromatic N) is 1. The van der Waals surface area contributed by atoms with Crippen molar-refractivity contribution in [2.24, 2.45) is 0 Å². The minimum absolute atomic E-state index is 0.138. The van der Waals surface area contributed by atoms with E-state index in [1.165, 1.54) is 0 Å². The van der Waals surface area contributed by atoms with Crippen LogP contribution in [-0.4, -0.2) is 50.6 Å². The Morgan fingerprint density at radius 1 is 1.23 bits per heavy atom. The first-order valence-electron chi connectivity index (χ1n) is 8.16. The normalized spacial score (nSPS) is 13.3. The molecule has 0 saturated heterocycles. The van der Waals surface area contributed by atoms with E-state index in [2.05, 4.69) is 5.32 Å². The van der Waals surface area contributed by atoms with Crippen molar-refractivity contribution in [2.45, 2.75) is 0 Å². The maximum absolute atomic E-state index is 12.3. The third kappa shape index (κ3) is 4.05. The molecule has 136 valence electrons. The van der Waals surface area contributed by atoms with Crippen LogP contribution in [0.5, 0.6) is 17.2 Å². The first-order valence-corrected chi connectivity index (χ1v) is 8.16. The lowest BCUT2D eigenvalue weighted by atomic mass is 10.1. The molecule has 2 aromatic carbocycles. The summed E-state index contributed by atoms with van der Waals surface area (Å²) in [6, 6.07) is 12.0. The second-order valence-electron chi connectivity index (χ2n) is 5.80. The highest BCUT2D eigenvalue weighted by Gasteiger charge is 2.21. The van der Waals surface area contributed by atoms with E-state index in [9.17, 15) is 9.59 Å². The molecule has 7 nitrogen and oxygen atoms in total. The van der Waals surface area contributed by atoms with Gasteiger partial charge in [-0.05, 0) is 30.3 Å². The molecule has 26 heavy (non-hydrogen) atoms. The van der Waals surface area contributed by atoms with Crippen molar-refractivity contribution in [3.05, 3.63) is 48.0 Å². The number of methoxy groups -OCH3 is 1. The number of hydrogen-bond acceptors (Lipinski definition) is 5. The van der Waals surface area contributed by atoms with Gasteiger partial charge in [0.05, 0.1) is 19.2 Å². The predicted octanol–water partition coefficient (Wildman–Crippen LogP) is 2.18. The van der Waals surface area contributed by atoms with E-state index in [0.29, 0.717) is 41.7 Å². The predicted molar refractivity (Wildman–Crippen MR) is 96.0 cm³/mol. The second-order valence-corrected chi connectivity index (χ2v) is 5.80. The van der Waals surface area contributed by atoms with E-state index >= 15 is 0 Å². The molecule has 3 rings (SSSR count). The number of anilines is 1. The van der Waals surface area contributed by atoms with Crippen molar-refractivity contribution in [3.8, 4) is 17.2 Å². The van der Waals surface area contributed by atoms with Gasteiger partial charge in [-0.2, -0.15) is 0 Å². The fraction of sp³-hybridized carbons (Fsp3) is 0.263. The highest BCUT2D eigenvalue weighted by atomic mass is 16.5. The van der Waals surface area contributed by atoms with Crippen LogP contribution in [0.3, 0.4) is 0 Å². The first-order chi connectivity index (χ1) is 12.6. The minimum Gasteiger partial charge on any atom is -0.497 e. The summed E-state index contributed by atoms with van der Waals surface area (Å²) < 4.78 is 16.1. The lowest BCUT2D eigenvalue weighted by molar-refractivity contribution is -0.118. The van der Waals surface area contributed by atoms with Crippen LogP contribution in [0.2, 0.25) is 0 Å². The number of nitrogens with one attached hydrogen (secondary N) is 1. The van der Waals surface area contributed by atoms with Crippen molar-refractivity contribution >= 4 is 17.5 Å². The molecule has 0 unspecified atom stereocenters. The van der Waals surface area contributed by atoms with Gasteiger partial charge in [0.25, 0.3) is 11.8 Å². The molecule has 0 spiro atoms. The Labute approximate surface area is 151 Å². The maximum atomic E-state index is 12.3. The number of likely N-dealkylation sites (N-methyl/N-ethyl adjacent to an activating group) is 1. The third-order valence-electron chi connectivity index (χ3n) is 3.94. The molecule has 2 aromatic rings. The van der Waals surface area contributed by atoms with Gasteiger partial charge >= 0.3 is 0 Å². The Bertz CT molecular complexity index is 821. The average Bonchev–Trinajstić information content (AvgIpc) is 2.79. The summed E-state index contributed by atoms with van der Waals surface area (Å²) in [5.41, 5.74) is 0.937. The van der Waals surface area contributed by atoms with Crippen LogP contribution in [-0.2, 0) is 4.79 Å². The van der Waals surface area contributed by atoms with Crippen LogP contribution in [0.4, 0.5) is 5.69 Å². The Hall–Kier alpha value is -3.22. The lowest BCUT2D eigenvalue weighted by Gasteiger charge is -2.13. The standard InChI is InChI=1S/C19H20N2O5/c1-21-8-9-25-17-7-6-13(10-16(17)19(21)23)20-18(22)12-26-15-5-3-4-14(11-15)24-2/h3-7,10-11H,8-9,12H2,1-2H3,(H,20,22). The van der Waals surface area contributed by atoms with Crippen molar-refractivity contribution in [1.82, 2.24) is 4.90 Å². The molecule has 1 aliphatic heterocycles. The molecule has 0 atom stereocenters. The summed E-state index contributed by atoms with van der Waals surface area (Å²) in [5.74, 6) is 1.23. The van der Waals surface area contributed by atoms with E-state index in [0.717, 1.165) is 0 Å². The number of carbonyl (C=O) groups is 2. The molecule has 1 aliphatic rings. The molecule has 0 aliphatic carbocycles. The lowest BCUT2D eigenvalue weighted by Crippen LogP contribution is -2.28. The van der Waals surface area contributed by atoms with Gasteiger partial charge in [0.15, 0.2) is 6.61 Å². The molecule has 1 heterocycles. The van der Waals surface area contributed by atoms with Crippen molar-refractivity contribution in [3.63, 3.8) is 0 Å².